The molecule has 174 valence electrons. The summed E-state index contributed by atoms with van der Waals surface area (Å²) in [6.45, 7) is 0.878. The first-order chi connectivity index (χ1) is 16.7. The number of hydrogen-bond donors (Lipinski definition) is 1. The molecule has 2 aromatic heterocycles. The molecule has 34 heavy (non-hydrogen) atoms. The van der Waals surface area contributed by atoms with Crippen molar-refractivity contribution in [1.82, 2.24) is 9.97 Å². The molecule has 2 aliphatic rings. The Balaban J connectivity index is 1.33. The van der Waals surface area contributed by atoms with E-state index in [1.54, 1.807) is 11.3 Å². The molecule has 1 N–H and O–H groups in total. The minimum Gasteiger partial charge on any atom is -0.469 e. The summed E-state index contributed by atoms with van der Waals surface area (Å²) in [5, 5.41) is 5.80. The standard InChI is InChI=1S/C26H25N3O4S/c1-31-26(30)17-9-7-16(8-10-17)23-28-24(22-18-4-2-3-5-21(18)34-25(22)29-23)27-13-15-6-11-19-20(12-15)33-14-32-19/h2-6,11-12,16-17H,7-10,13-14H2,1H3,(H,27,28,29). The quantitative estimate of drug-likeness (QED) is 0.375. The Morgan fingerprint density at radius 2 is 1.91 bits per heavy atom. The van der Waals surface area contributed by atoms with Crippen molar-refractivity contribution < 1.29 is 19.0 Å². The SMILES string of the molecule is COC(=O)C1CCC(c2nc(NCc3ccc4c(c3)OCO4)c3c(n2)sc2ccccc23)CC1. The number of esters is 1. The highest BCUT2D eigenvalue weighted by molar-refractivity contribution is 7.25. The summed E-state index contributed by atoms with van der Waals surface area (Å²) in [6, 6.07) is 14.4. The molecule has 8 heteroatoms. The highest BCUT2D eigenvalue weighted by atomic mass is 32.1. The fraction of sp³-hybridized carbons (Fsp3) is 0.346. The van der Waals surface area contributed by atoms with Crippen LogP contribution < -0.4 is 14.8 Å². The zero-order valence-corrected chi connectivity index (χ0v) is 19.7. The number of hydrogen-bond acceptors (Lipinski definition) is 8. The maximum atomic E-state index is 12.0. The van der Waals surface area contributed by atoms with E-state index in [4.69, 9.17) is 24.2 Å². The zero-order chi connectivity index (χ0) is 23.1. The zero-order valence-electron chi connectivity index (χ0n) is 18.9. The largest absolute Gasteiger partial charge is 0.469 e. The van der Waals surface area contributed by atoms with Crippen LogP contribution in [0.15, 0.2) is 42.5 Å². The first-order valence-electron chi connectivity index (χ1n) is 11.6. The van der Waals surface area contributed by atoms with Gasteiger partial charge in [-0.25, -0.2) is 9.97 Å². The van der Waals surface area contributed by atoms with Gasteiger partial charge in [0.1, 0.15) is 16.5 Å². The molecule has 0 radical (unpaired) electrons. The van der Waals surface area contributed by atoms with Crippen LogP contribution in [0.3, 0.4) is 0 Å². The topological polar surface area (TPSA) is 82.6 Å². The smallest absolute Gasteiger partial charge is 0.308 e. The van der Waals surface area contributed by atoms with E-state index in [0.717, 1.165) is 70.0 Å². The van der Waals surface area contributed by atoms with Gasteiger partial charge in [-0.15, -0.1) is 11.3 Å². The van der Waals surface area contributed by atoms with Crippen molar-refractivity contribution in [1.29, 1.82) is 0 Å². The number of nitrogens with zero attached hydrogens (tertiary/aromatic N) is 2. The van der Waals surface area contributed by atoms with Gasteiger partial charge in [0, 0.05) is 22.5 Å². The molecule has 1 aliphatic heterocycles. The lowest BCUT2D eigenvalue weighted by atomic mass is 9.81. The number of aromatic nitrogens is 2. The van der Waals surface area contributed by atoms with Gasteiger partial charge in [-0.1, -0.05) is 24.3 Å². The molecule has 1 saturated carbocycles. The predicted molar refractivity (Wildman–Crippen MR) is 132 cm³/mol. The van der Waals surface area contributed by atoms with Gasteiger partial charge in [0.15, 0.2) is 11.5 Å². The number of fused-ring (bicyclic) bond motifs is 4. The van der Waals surface area contributed by atoms with Crippen LogP contribution in [0, 0.1) is 5.92 Å². The minimum absolute atomic E-state index is 0.0158. The Hall–Kier alpha value is -3.39. The molecular weight excluding hydrogens is 450 g/mol. The molecule has 0 saturated heterocycles. The Morgan fingerprint density at radius 3 is 2.76 bits per heavy atom. The Bertz CT molecular complexity index is 1380. The number of thiophene rings is 1. The van der Waals surface area contributed by atoms with Crippen molar-refractivity contribution in [2.45, 2.75) is 38.1 Å². The van der Waals surface area contributed by atoms with Crippen LogP contribution in [0.5, 0.6) is 11.5 Å². The number of rotatable bonds is 5. The minimum atomic E-state index is -0.106. The normalized spacial score (nSPS) is 19.4. The molecule has 1 fully saturated rings. The van der Waals surface area contributed by atoms with E-state index in [9.17, 15) is 4.79 Å². The van der Waals surface area contributed by atoms with Gasteiger partial charge in [0.05, 0.1) is 18.4 Å². The van der Waals surface area contributed by atoms with Crippen LogP contribution in [0.4, 0.5) is 5.82 Å². The highest BCUT2D eigenvalue weighted by Gasteiger charge is 2.30. The van der Waals surface area contributed by atoms with Crippen LogP contribution in [-0.2, 0) is 16.1 Å². The summed E-state index contributed by atoms with van der Waals surface area (Å²) in [6.07, 6.45) is 3.39. The molecule has 2 aromatic carbocycles. The van der Waals surface area contributed by atoms with E-state index < -0.39 is 0 Å². The molecule has 7 nitrogen and oxygen atoms in total. The molecule has 0 atom stereocenters. The molecule has 1 aliphatic carbocycles. The van der Waals surface area contributed by atoms with Crippen molar-refractivity contribution in [2.75, 3.05) is 19.2 Å². The van der Waals surface area contributed by atoms with E-state index in [1.165, 1.54) is 11.8 Å². The fourth-order valence-electron chi connectivity index (χ4n) is 4.94. The second-order valence-electron chi connectivity index (χ2n) is 8.82. The van der Waals surface area contributed by atoms with Gasteiger partial charge < -0.3 is 19.5 Å². The number of benzene rings is 2. The fourth-order valence-corrected chi connectivity index (χ4v) is 6.02. The average molecular weight is 476 g/mol. The maximum Gasteiger partial charge on any atom is 0.308 e. The first kappa shape index (κ1) is 21.2. The van der Waals surface area contributed by atoms with Gasteiger partial charge in [-0.2, -0.15) is 0 Å². The van der Waals surface area contributed by atoms with Gasteiger partial charge in [0.25, 0.3) is 0 Å². The summed E-state index contributed by atoms with van der Waals surface area (Å²) < 4.78 is 17.1. The van der Waals surface area contributed by atoms with Crippen molar-refractivity contribution in [2.24, 2.45) is 5.92 Å². The molecule has 6 rings (SSSR count). The summed E-state index contributed by atoms with van der Waals surface area (Å²) in [5.74, 6) is 3.38. The van der Waals surface area contributed by atoms with Crippen molar-refractivity contribution >= 4 is 43.4 Å². The van der Waals surface area contributed by atoms with Gasteiger partial charge in [-0.3, -0.25) is 4.79 Å². The van der Waals surface area contributed by atoms with Crippen molar-refractivity contribution in [3.05, 3.63) is 53.9 Å². The van der Waals surface area contributed by atoms with Gasteiger partial charge in [-0.05, 0) is 49.4 Å². The maximum absolute atomic E-state index is 12.0. The monoisotopic (exact) mass is 475 g/mol. The van der Waals surface area contributed by atoms with Crippen LogP contribution in [0.25, 0.3) is 20.3 Å². The lowest BCUT2D eigenvalue weighted by Crippen LogP contribution is -2.23. The second-order valence-corrected chi connectivity index (χ2v) is 9.85. The first-order valence-corrected chi connectivity index (χ1v) is 12.4. The van der Waals surface area contributed by atoms with Crippen LogP contribution >= 0.6 is 11.3 Å². The lowest BCUT2D eigenvalue weighted by Gasteiger charge is -2.26. The third kappa shape index (κ3) is 3.81. The number of carbonyl (C=O) groups is 1. The molecule has 0 unspecified atom stereocenters. The number of carbonyl (C=O) groups excluding carboxylic acids is 1. The summed E-state index contributed by atoms with van der Waals surface area (Å²) in [7, 11) is 1.46. The van der Waals surface area contributed by atoms with E-state index in [2.05, 4.69) is 29.6 Å². The van der Waals surface area contributed by atoms with Gasteiger partial charge in [0.2, 0.25) is 6.79 Å². The number of nitrogens with one attached hydrogen (secondary N) is 1. The molecule has 4 aromatic rings. The van der Waals surface area contributed by atoms with Crippen LogP contribution in [0.2, 0.25) is 0 Å². The lowest BCUT2D eigenvalue weighted by molar-refractivity contribution is -0.146. The second kappa shape index (κ2) is 8.76. The summed E-state index contributed by atoms with van der Waals surface area (Å²) in [4.78, 5) is 23.0. The van der Waals surface area contributed by atoms with E-state index in [0.29, 0.717) is 6.54 Å². The van der Waals surface area contributed by atoms with Gasteiger partial charge >= 0.3 is 5.97 Å². The average Bonchev–Trinajstić information content (AvgIpc) is 3.50. The molecular formula is C26H25N3O4S. The van der Waals surface area contributed by atoms with E-state index in [1.807, 2.05) is 18.2 Å². The third-order valence-corrected chi connectivity index (χ3v) is 7.84. The third-order valence-electron chi connectivity index (χ3n) is 6.78. The number of ether oxygens (including phenoxy) is 3. The molecule has 3 heterocycles. The van der Waals surface area contributed by atoms with E-state index >= 15 is 0 Å². The molecule has 0 spiro atoms. The Labute approximate surface area is 201 Å². The van der Waals surface area contributed by atoms with Crippen LogP contribution in [-0.4, -0.2) is 29.8 Å². The number of methoxy groups -OCH3 is 1. The Kier molecular flexibility index (Phi) is 5.45. The number of anilines is 1. The highest BCUT2D eigenvalue weighted by Crippen LogP contribution is 2.40. The summed E-state index contributed by atoms with van der Waals surface area (Å²) >= 11 is 1.70. The Morgan fingerprint density at radius 1 is 1.09 bits per heavy atom. The van der Waals surface area contributed by atoms with E-state index in [-0.39, 0.29) is 24.6 Å². The van der Waals surface area contributed by atoms with Crippen molar-refractivity contribution in [3.8, 4) is 11.5 Å². The van der Waals surface area contributed by atoms with Crippen molar-refractivity contribution in [3.63, 3.8) is 0 Å². The van der Waals surface area contributed by atoms with Crippen LogP contribution in [0.1, 0.15) is 43.0 Å². The summed E-state index contributed by atoms with van der Waals surface area (Å²) in [5.41, 5.74) is 1.09. The molecule has 0 amide bonds. The predicted octanol–water partition coefficient (Wildman–Crippen LogP) is 5.63. The molecule has 0 bridgehead atoms.